The van der Waals surface area contributed by atoms with Crippen LogP contribution < -0.4 is 0 Å². The number of amides is 1. The van der Waals surface area contributed by atoms with Crippen molar-refractivity contribution in [3.05, 3.63) is 48.0 Å². The summed E-state index contributed by atoms with van der Waals surface area (Å²) in [6.45, 7) is 2.29. The molecule has 0 spiro atoms. The SMILES string of the molecule is O=C1OC(CN2CC(O)C2)CN1C1=COC=C(C2=CC=CCC2)O1. The molecule has 7 heteroatoms. The maximum Gasteiger partial charge on any atom is 0.417 e. The van der Waals surface area contributed by atoms with Crippen LogP contribution in [0, 0.1) is 0 Å². The average Bonchev–Trinajstić information content (AvgIpc) is 2.95. The van der Waals surface area contributed by atoms with E-state index >= 15 is 0 Å². The molecule has 0 aromatic rings. The minimum Gasteiger partial charge on any atom is -0.463 e. The van der Waals surface area contributed by atoms with Crippen LogP contribution in [0.4, 0.5) is 4.79 Å². The predicted molar refractivity (Wildman–Crippen MR) is 84.2 cm³/mol. The summed E-state index contributed by atoms with van der Waals surface area (Å²) in [7, 11) is 0. The van der Waals surface area contributed by atoms with Gasteiger partial charge in [0.25, 0.3) is 0 Å². The fourth-order valence-electron chi connectivity index (χ4n) is 3.16. The fraction of sp³-hybridized carbons (Fsp3) is 0.471. The van der Waals surface area contributed by atoms with Crippen LogP contribution in [-0.2, 0) is 14.2 Å². The minimum atomic E-state index is -0.435. The number of carbonyl (C=O) groups excluding carboxylic acids is 1. The number of allylic oxidation sites excluding steroid dienone is 4. The Morgan fingerprint density at radius 2 is 2.12 bits per heavy atom. The zero-order valence-electron chi connectivity index (χ0n) is 13.3. The van der Waals surface area contributed by atoms with Crippen molar-refractivity contribution in [1.82, 2.24) is 9.80 Å². The Bertz CT molecular complexity index is 645. The van der Waals surface area contributed by atoms with E-state index in [9.17, 15) is 9.90 Å². The predicted octanol–water partition coefficient (Wildman–Crippen LogP) is 1.45. The number of β-amino-alcohol motifs (C(OH)–C–C–N with tert-alkyl or cyclic N) is 1. The van der Waals surface area contributed by atoms with Gasteiger partial charge in [0.05, 0.1) is 12.6 Å². The van der Waals surface area contributed by atoms with Gasteiger partial charge in [-0.1, -0.05) is 18.2 Å². The molecular formula is C17H20N2O5. The van der Waals surface area contributed by atoms with Gasteiger partial charge in [0.1, 0.15) is 12.4 Å². The molecule has 1 amide bonds. The molecule has 24 heavy (non-hydrogen) atoms. The Kier molecular flexibility index (Phi) is 4.03. The van der Waals surface area contributed by atoms with E-state index in [2.05, 4.69) is 11.0 Å². The highest BCUT2D eigenvalue weighted by Crippen LogP contribution is 2.29. The number of cyclic esters (lactones) is 1. The number of rotatable bonds is 4. The molecular weight excluding hydrogens is 312 g/mol. The molecule has 0 radical (unpaired) electrons. The van der Waals surface area contributed by atoms with Crippen LogP contribution in [0.5, 0.6) is 0 Å². The number of carbonyl (C=O) groups is 1. The Morgan fingerprint density at radius 3 is 2.88 bits per heavy atom. The van der Waals surface area contributed by atoms with Gasteiger partial charge >= 0.3 is 6.09 Å². The van der Waals surface area contributed by atoms with Crippen LogP contribution in [0.3, 0.4) is 0 Å². The van der Waals surface area contributed by atoms with Gasteiger partial charge in [0.15, 0.2) is 12.0 Å². The molecule has 0 bridgehead atoms. The van der Waals surface area contributed by atoms with Crippen LogP contribution in [0.2, 0.25) is 0 Å². The highest BCUT2D eigenvalue weighted by atomic mass is 16.6. The van der Waals surface area contributed by atoms with Crippen molar-refractivity contribution in [2.45, 2.75) is 25.0 Å². The maximum absolute atomic E-state index is 12.1. The molecule has 1 atom stereocenters. The second-order valence-corrected chi connectivity index (χ2v) is 6.32. The first-order valence-corrected chi connectivity index (χ1v) is 8.17. The van der Waals surface area contributed by atoms with E-state index in [4.69, 9.17) is 14.2 Å². The number of hydrogen-bond acceptors (Lipinski definition) is 6. The van der Waals surface area contributed by atoms with Gasteiger partial charge in [0.2, 0.25) is 5.88 Å². The summed E-state index contributed by atoms with van der Waals surface area (Å²) in [6.07, 6.45) is 9.94. The second kappa shape index (κ2) is 6.33. The maximum atomic E-state index is 12.1. The van der Waals surface area contributed by atoms with Crippen molar-refractivity contribution >= 4 is 6.09 Å². The first-order valence-electron chi connectivity index (χ1n) is 8.17. The van der Waals surface area contributed by atoms with Crippen molar-refractivity contribution in [3.8, 4) is 0 Å². The lowest BCUT2D eigenvalue weighted by Crippen LogP contribution is -2.53. The topological polar surface area (TPSA) is 71.5 Å². The zero-order valence-corrected chi connectivity index (χ0v) is 13.3. The number of aliphatic hydroxyl groups is 1. The summed E-state index contributed by atoms with van der Waals surface area (Å²) in [4.78, 5) is 15.6. The van der Waals surface area contributed by atoms with Crippen LogP contribution in [0.1, 0.15) is 12.8 Å². The number of hydrogen-bond donors (Lipinski definition) is 1. The molecule has 1 unspecified atom stereocenters. The zero-order chi connectivity index (χ0) is 16.5. The molecule has 2 fully saturated rings. The van der Waals surface area contributed by atoms with Crippen molar-refractivity contribution in [3.63, 3.8) is 0 Å². The summed E-state index contributed by atoms with van der Waals surface area (Å²) in [6, 6.07) is 0. The summed E-state index contributed by atoms with van der Waals surface area (Å²) < 4.78 is 16.6. The first kappa shape index (κ1) is 15.3. The Labute approximate surface area is 140 Å². The molecule has 4 rings (SSSR count). The van der Waals surface area contributed by atoms with Gasteiger partial charge in [-0.3, -0.25) is 4.90 Å². The second-order valence-electron chi connectivity index (χ2n) is 6.32. The number of ether oxygens (including phenoxy) is 3. The smallest absolute Gasteiger partial charge is 0.417 e. The molecule has 3 aliphatic heterocycles. The molecule has 1 N–H and O–H groups in total. The van der Waals surface area contributed by atoms with Crippen molar-refractivity contribution in [1.29, 1.82) is 0 Å². The van der Waals surface area contributed by atoms with Crippen LogP contribution in [0.25, 0.3) is 0 Å². The third-order valence-corrected chi connectivity index (χ3v) is 4.43. The first-order chi connectivity index (χ1) is 11.7. The highest BCUT2D eigenvalue weighted by molar-refractivity contribution is 5.72. The molecule has 7 nitrogen and oxygen atoms in total. The van der Waals surface area contributed by atoms with E-state index in [-0.39, 0.29) is 12.2 Å². The van der Waals surface area contributed by atoms with Crippen molar-refractivity contribution < 1.29 is 24.1 Å². The van der Waals surface area contributed by atoms with Crippen LogP contribution in [0.15, 0.2) is 48.0 Å². The standard InChI is InChI=1S/C17H20N2O5/c20-13-6-18(7-13)8-14-9-19(17(21)23-14)16-11-22-10-15(24-16)12-4-2-1-3-5-12/h1-2,4,10-11,13-14,20H,3,5-9H2. The lowest BCUT2D eigenvalue weighted by atomic mass is 10.0. The van der Waals surface area contributed by atoms with Gasteiger partial charge in [-0.2, -0.15) is 0 Å². The summed E-state index contributed by atoms with van der Waals surface area (Å²) in [5.74, 6) is 0.970. The van der Waals surface area contributed by atoms with E-state index < -0.39 is 6.09 Å². The molecule has 1 aliphatic carbocycles. The third-order valence-electron chi connectivity index (χ3n) is 4.43. The molecule has 3 heterocycles. The Hall–Kier alpha value is -2.25. The number of nitrogens with zero attached hydrogens (tertiary/aromatic N) is 2. The van der Waals surface area contributed by atoms with Crippen molar-refractivity contribution in [2.75, 3.05) is 26.2 Å². The van der Waals surface area contributed by atoms with Crippen LogP contribution in [-0.4, -0.2) is 59.4 Å². The number of aliphatic hydroxyl groups excluding tert-OH is 1. The highest BCUT2D eigenvalue weighted by Gasteiger charge is 2.38. The largest absolute Gasteiger partial charge is 0.463 e. The molecule has 4 aliphatic rings. The molecule has 0 aromatic heterocycles. The van der Waals surface area contributed by atoms with E-state index in [1.807, 2.05) is 12.2 Å². The molecule has 128 valence electrons. The van der Waals surface area contributed by atoms with E-state index in [0.717, 1.165) is 18.4 Å². The van der Waals surface area contributed by atoms with Gasteiger partial charge in [0, 0.05) is 19.6 Å². The van der Waals surface area contributed by atoms with E-state index in [0.29, 0.717) is 37.8 Å². The Balaban J connectivity index is 1.37. The average molecular weight is 332 g/mol. The monoisotopic (exact) mass is 332 g/mol. The fourth-order valence-corrected chi connectivity index (χ4v) is 3.16. The summed E-state index contributed by atoms with van der Waals surface area (Å²) in [5, 5.41) is 9.33. The number of likely N-dealkylation sites (tertiary alicyclic amines) is 1. The molecule has 0 saturated carbocycles. The Morgan fingerprint density at radius 1 is 1.25 bits per heavy atom. The molecule has 2 saturated heterocycles. The van der Waals surface area contributed by atoms with E-state index in [1.165, 1.54) is 11.2 Å². The normalized spacial score (nSPS) is 27.5. The minimum absolute atomic E-state index is 0.235. The molecule has 0 aromatic carbocycles. The van der Waals surface area contributed by atoms with Gasteiger partial charge in [-0.15, -0.1) is 0 Å². The summed E-state index contributed by atoms with van der Waals surface area (Å²) >= 11 is 0. The lowest BCUT2D eigenvalue weighted by molar-refractivity contribution is -0.0172. The summed E-state index contributed by atoms with van der Waals surface area (Å²) in [5.41, 5.74) is 1.04. The lowest BCUT2D eigenvalue weighted by Gasteiger charge is -2.36. The van der Waals surface area contributed by atoms with Crippen molar-refractivity contribution in [2.24, 2.45) is 0 Å². The van der Waals surface area contributed by atoms with Gasteiger partial charge in [-0.25, -0.2) is 9.69 Å². The van der Waals surface area contributed by atoms with E-state index in [1.54, 1.807) is 6.26 Å². The van der Waals surface area contributed by atoms with Gasteiger partial charge < -0.3 is 19.3 Å². The van der Waals surface area contributed by atoms with Crippen LogP contribution >= 0.6 is 0 Å². The van der Waals surface area contributed by atoms with Gasteiger partial charge in [-0.05, 0) is 18.4 Å². The quantitative estimate of drug-likeness (QED) is 0.840. The third kappa shape index (κ3) is 3.05.